The summed E-state index contributed by atoms with van der Waals surface area (Å²) in [6.07, 6.45) is 0. The average Bonchev–Trinajstić information content (AvgIpc) is 3.27. The summed E-state index contributed by atoms with van der Waals surface area (Å²) in [5.74, 6) is 1.87. The zero-order chi connectivity index (χ0) is 36.1. The summed E-state index contributed by atoms with van der Waals surface area (Å²) in [5, 5.41) is 0. The molecule has 0 atom stereocenters. The van der Waals surface area contributed by atoms with E-state index >= 15 is 0 Å². The Bertz CT molecular complexity index is 2670. The summed E-state index contributed by atoms with van der Waals surface area (Å²) in [4.78, 5) is 15.5. The third-order valence-electron chi connectivity index (χ3n) is 9.80. The molecule has 3 heteroatoms. The topological polar surface area (TPSA) is 38.7 Å². The molecule has 0 bridgehead atoms. The van der Waals surface area contributed by atoms with Crippen LogP contribution in [0.15, 0.2) is 212 Å². The van der Waals surface area contributed by atoms with Crippen LogP contribution in [-0.2, 0) is 0 Å². The fourth-order valence-electron chi connectivity index (χ4n) is 7.02. The molecule has 54 heavy (non-hydrogen) atoms. The lowest BCUT2D eigenvalue weighted by atomic mass is 9.91. The highest BCUT2D eigenvalue weighted by Crippen LogP contribution is 2.39. The first kappa shape index (κ1) is 32.7. The van der Waals surface area contributed by atoms with Crippen molar-refractivity contribution in [2.45, 2.75) is 0 Å². The average molecular weight is 690 g/mol. The van der Waals surface area contributed by atoms with E-state index in [-0.39, 0.29) is 0 Å². The second-order valence-corrected chi connectivity index (χ2v) is 13.2. The predicted molar refractivity (Wildman–Crippen MR) is 223 cm³/mol. The van der Waals surface area contributed by atoms with Gasteiger partial charge in [0.1, 0.15) is 0 Å². The van der Waals surface area contributed by atoms with E-state index in [1.54, 1.807) is 0 Å². The van der Waals surface area contributed by atoms with Crippen molar-refractivity contribution in [1.82, 2.24) is 15.0 Å². The molecule has 9 aromatic rings. The summed E-state index contributed by atoms with van der Waals surface area (Å²) in [6, 6.07) is 74.1. The van der Waals surface area contributed by atoms with E-state index in [4.69, 9.17) is 15.0 Å². The van der Waals surface area contributed by atoms with Crippen LogP contribution < -0.4 is 0 Å². The lowest BCUT2D eigenvalue weighted by Crippen LogP contribution is -2.01. The summed E-state index contributed by atoms with van der Waals surface area (Å²) in [7, 11) is 0. The molecule has 0 aliphatic heterocycles. The monoisotopic (exact) mass is 689 g/mol. The molecule has 0 spiro atoms. The van der Waals surface area contributed by atoms with Crippen LogP contribution in [0.25, 0.3) is 89.8 Å². The summed E-state index contributed by atoms with van der Waals surface area (Å²) < 4.78 is 0. The van der Waals surface area contributed by atoms with Crippen molar-refractivity contribution in [2.75, 3.05) is 0 Å². The lowest BCUT2D eigenvalue weighted by molar-refractivity contribution is 1.07. The van der Waals surface area contributed by atoms with Crippen LogP contribution in [0.3, 0.4) is 0 Å². The number of rotatable bonds is 8. The van der Waals surface area contributed by atoms with E-state index in [1.807, 2.05) is 18.2 Å². The summed E-state index contributed by atoms with van der Waals surface area (Å²) >= 11 is 0. The minimum Gasteiger partial charge on any atom is -0.208 e. The van der Waals surface area contributed by atoms with E-state index in [0.29, 0.717) is 17.5 Å². The van der Waals surface area contributed by atoms with E-state index in [9.17, 15) is 0 Å². The second-order valence-electron chi connectivity index (χ2n) is 13.2. The number of hydrogen-bond donors (Lipinski definition) is 0. The van der Waals surface area contributed by atoms with Gasteiger partial charge < -0.3 is 0 Å². The van der Waals surface area contributed by atoms with Crippen molar-refractivity contribution in [1.29, 1.82) is 0 Å². The smallest absolute Gasteiger partial charge is 0.164 e. The molecule has 0 aliphatic rings. The molecule has 0 saturated heterocycles. The molecule has 1 aromatic heterocycles. The molecular formula is C51H35N3. The van der Waals surface area contributed by atoms with Gasteiger partial charge in [0.25, 0.3) is 0 Å². The number of aromatic nitrogens is 3. The molecule has 0 saturated carbocycles. The van der Waals surface area contributed by atoms with Gasteiger partial charge in [-0.1, -0.05) is 206 Å². The van der Waals surface area contributed by atoms with Gasteiger partial charge in [-0.2, -0.15) is 0 Å². The van der Waals surface area contributed by atoms with Crippen LogP contribution in [0.2, 0.25) is 0 Å². The largest absolute Gasteiger partial charge is 0.208 e. The van der Waals surface area contributed by atoms with Gasteiger partial charge in [-0.25, -0.2) is 15.0 Å². The molecule has 0 fully saturated rings. The standard InChI is InChI=1S/C51H35N3/c1-4-15-36(16-5-1)39-27-31-41(32-28-39)45-23-10-11-24-46(45)47-25-12-13-26-48(47)51-53-49(42-33-29-40(30-34-42)37-17-6-2-7-18-37)52-50(54-51)44-22-14-21-43(35-44)38-19-8-3-9-20-38/h1-35H. The first-order valence-electron chi connectivity index (χ1n) is 18.2. The van der Waals surface area contributed by atoms with Gasteiger partial charge >= 0.3 is 0 Å². The summed E-state index contributed by atoms with van der Waals surface area (Å²) in [5.41, 5.74) is 14.2. The first-order valence-corrected chi connectivity index (χ1v) is 18.2. The molecule has 0 amide bonds. The Morgan fingerprint density at radius 2 is 0.519 bits per heavy atom. The SMILES string of the molecule is c1ccc(-c2ccc(-c3nc(-c4cccc(-c5ccccc5)c4)nc(-c4ccccc4-c4ccccc4-c4ccc(-c5ccccc5)cc4)n3)cc2)cc1. The zero-order valence-corrected chi connectivity index (χ0v) is 29.5. The molecule has 1 heterocycles. The molecule has 0 aliphatic carbocycles. The van der Waals surface area contributed by atoms with Crippen molar-refractivity contribution in [3.8, 4) is 89.8 Å². The van der Waals surface area contributed by atoms with E-state index in [0.717, 1.165) is 55.6 Å². The highest BCUT2D eigenvalue weighted by Gasteiger charge is 2.18. The zero-order valence-electron chi connectivity index (χ0n) is 29.5. The Morgan fingerprint density at radius 1 is 0.185 bits per heavy atom. The molecule has 3 nitrogen and oxygen atoms in total. The maximum absolute atomic E-state index is 5.21. The second kappa shape index (κ2) is 14.8. The first-order chi connectivity index (χ1) is 26.8. The lowest BCUT2D eigenvalue weighted by Gasteiger charge is -2.15. The van der Waals surface area contributed by atoms with Crippen LogP contribution in [0.5, 0.6) is 0 Å². The normalized spacial score (nSPS) is 11.0. The fourth-order valence-corrected chi connectivity index (χ4v) is 7.02. The Morgan fingerprint density at radius 3 is 1.07 bits per heavy atom. The quantitative estimate of drug-likeness (QED) is 0.159. The molecule has 254 valence electrons. The van der Waals surface area contributed by atoms with Crippen LogP contribution in [0, 0.1) is 0 Å². The van der Waals surface area contributed by atoms with Gasteiger partial charge in [-0.05, 0) is 61.7 Å². The Hall–Kier alpha value is -7.23. The van der Waals surface area contributed by atoms with Crippen molar-refractivity contribution in [3.63, 3.8) is 0 Å². The third-order valence-corrected chi connectivity index (χ3v) is 9.80. The third kappa shape index (κ3) is 6.74. The molecule has 0 radical (unpaired) electrons. The molecule has 8 aromatic carbocycles. The minimum atomic E-state index is 0.622. The van der Waals surface area contributed by atoms with Crippen LogP contribution >= 0.6 is 0 Å². The van der Waals surface area contributed by atoms with E-state index in [2.05, 4.69) is 194 Å². The van der Waals surface area contributed by atoms with Gasteiger partial charge in [0.15, 0.2) is 17.5 Å². The van der Waals surface area contributed by atoms with Crippen molar-refractivity contribution in [3.05, 3.63) is 212 Å². The van der Waals surface area contributed by atoms with E-state index in [1.165, 1.54) is 16.7 Å². The Labute approximate surface area is 316 Å². The summed E-state index contributed by atoms with van der Waals surface area (Å²) in [6.45, 7) is 0. The highest BCUT2D eigenvalue weighted by molar-refractivity contribution is 5.91. The van der Waals surface area contributed by atoms with Crippen LogP contribution in [0.4, 0.5) is 0 Å². The highest BCUT2D eigenvalue weighted by atomic mass is 15.0. The van der Waals surface area contributed by atoms with Crippen LogP contribution in [-0.4, -0.2) is 15.0 Å². The number of benzene rings is 8. The minimum absolute atomic E-state index is 0.622. The van der Waals surface area contributed by atoms with Gasteiger partial charge in [-0.15, -0.1) is 0 Å². The molecule has 9 rings (SSSR count). The van der Waals surface area contributed by atoms with Crippen molar-refractivity contribution >= 4 is 0 Å². The Balaban J connectivity index is 1.17. The maximum Gasteiger partial charge on any atom is 0.164 e. The van der Waals surface area contributed by atoms with Crippen LogP contribution in [0.1, 0.15) is 0 Å². The predicted octanol–water partition coefficient (Wildman–Crippen LogP) is 13.2. The fraction of sp³-hybridized carbons (Fsp3) is 0. The van der Waals surface area contributed by atoms with Crippen molar-refractivity contribution in [2.24, 2.45) is 0 Å². The van der Waals surface area contributed by atoms with Gasteiger partial charge in [0.2, 0.25) is 0 Å². The van der Waals surface area contributed by atoms with Gasteiger partial charge in [0, 0.05) is 16.7 Å². The molecule has 0 N–H and O–H groups in total. The number of hydrogen-bond acceptors (Lipinski definition) is 3. The number of nitrogens with zero attached hydrogens (tertiary/aromatic N) is 3. The van der Waals surface area contributed by atoms with Gasteiger partial charge in [-0.3, -0.25) is 0 Å². The molecular weight excluding hydrogens is 655 g/mol. The van der Waals surface area contributed by atoms with E-state index < -0.39 is 0 Å². The van der Waals surface area contributed by atoms with Crippen molar-refractivity contribution < 1.29 is 0 Å². The molecule has 0 unspecified atom stereocenters. The maximum atomic E-state index is 5.21. The Kier molecular flexibility index (Phi) is 8.94. The van der Waals surface area contributed by atoms with Gasteiger partial charge in [0.05, 0.1) is 0 Å².